The number of nitrogens with zero attached hydrogens (tertiary/aromatic N) is 1. The van der Waals surface area contributed by atoms with E-state index >= 15 is 0 Å². The van der Waals surface area contributed by atoms with Crippen LogP contribution in [-0.4, -0.2) is 29.9 Å². The van der Waals surface area contributed by atoms with Gasteiger partial charge in [0.15, 0.2) is 11.6 Å². The molecular weight excluding hydrogens is 289 g/mol. The van der Waals surface area contributed by atoms with Crippen LogP contribution in [0.1, 0.15) is 22.8 Å². The number of halogens is 2. The number of hydrogen-bond acceptors (Lipinski definition) is 5. The fraction of sp³-hybridized carbons (Fsp3) is 0.273. The minimum absolute atomic E-state index is 0.307. The van der Waals surface area contributed by atoms with E-state index in [1.54, 1.807) is 0 Å². The summed E-state index contributed by atoms with van der Waals surface area (Å²) in [5, 5.41) is 14.2. The van der Waals surface area contributed by atoms with Crippen LogP contribution in [-0.2, 0) is 11.2 Å². The minimum atomic E-state index is -1.58. The molecule has 0 fully saturated rings. The normalized spacial score (nSPS) is 16.8. The van der Waals surface area contributed by atoms with Gasteiger partial charge in [0, 0.05) is 17.7 Å². The van der Waals surface area contributed by atoms with Gasteiger partial charge in [-0.05, 0) is 12.5 Å². The number of nitroso groups, excluding NO2 is 1. The van der Waals surface area contributed by atoms with Gasteiger partial charge in [0.05, 0.1) is 11.5 Å². The van der Waals surface area contributed by atoms with Gasteiger partial charge in [0.1, 0.15) is 5.75 Å². The number of carbonyl (C=O) groups is 2. The van der Waals surface area contributed by atoms with Crippen molar-refractivity contribution in [1.82, 2.24) is 5.32 Å². The average molecular weight is 298 g/mol. The molecule has 0 radical (unpaired) electrons. The smallest absolute Gasteiger partial charge is 0.534 e. The van der Waals surface area contributed by atoms with Crippen LogP contribution in [0, 0.1) is 16.5 Å². The number of nitrogens with one attached hydrogen (secondary N) is 1. The van der Waals surface area contributed by atoms with E-state index in [2.05, 4.69) is 10.5 Å². The highest BCUT2D eigenvalue weighted by molar-refractivity contribution is 6.47. The van der Waals surface area contributed by atoms with Crippen molar-refractivity contribution in [1.29, 1.82) is 0 Å². The standard InChI is InChI=1S/C11H9BF2N2O5/c1-4(17)15-8-3-5-9(14)7(13)2-6(11(18)16-20)10(5)21-12(8)19/h2,8,19H,3H2,1H3,(H,15,17)/t8-/m0/s1. The number of carbonyl (C=O) groups excluding carboxylic acids is 2. The van der Waals surface area contributed by atoms with E-state index < -0.39 is 47.8 Å². The molecule has 7 nitrogen and oxygen atoms in total. The lowest BCUT2D eigenvalue weighted by Gasteiger charge is -2.29. The van der Waals surface area contributed by atoms with E-state index in [9.17, 15) is 28.3 Å². The summed E-state index contributed by atoms with van der Waals surface area (Å²) in [4.78, 5) is 32.6. The summed E-state index contributed by atoms with van der Waals surface area (Å²) in [6, 6.07) is 0.476. The highest BCUT2D eigenvalue weighted by Crippen LogP contribution is 2.34. The van der Waals surface area contributed by atoms with Crippen molar-refractivity contribution < 1.29 is 28.0 Å². The monoisotopic (exact) mass is 298 g/mol. The van der Waals surface area contributed by atoms with E-state index in [0.717, 1.165) is 0 Å². The Morgan fingerprint density at radius 3 is 2.76 bits per heavy atom. The van der Waals surface area contributed by atoms with Gasteiger partial charge in [0.25, 0.3) is 0 Å². The second-order valence-corrected chi connectivity index (χ2v) is 4.44. The largest absolute Gasteiger partial charge is 0.547 e. The van der Waals surface area contributed by atoms with E-state index in [4.69, 9.17) is 4.65 Å². The molecule has 21 heavy (non-hydrogen) atoms. The zero-order valence-corrected chi connectivity index (χ0v) is 10.7. The first-order valence-electron chi connectivity index (χ1n) is 5.85. The van der Waals surface area contributed by atoms with Gasteiger partial charge in [-0.15, -0.1) is 4.91 Å². The number of fused-ring (bicyclic) bond motifs is 1. The van der Waals surface area contributed by atoms with Crippen LogP contribution in [0.25, 0.3) is 0 Å². The Morgan fingerprint density at radius 2 is 2.19 bits per heavy atom. The summed E-state index contributed by atoms with van der Waals surface area (Å²) in [5.41, 5.74) is -0.940. The van der Waals surface area contributed by atoms with E-state index in [0.29, 0.717) is 6.07 Å². The zero-order chi connectivity index (χ0) is 15.7. The van der Waals surface area contributed by atoms with Gasteiger partial charge in [-0.1, -0.05) is 0 Å². The lowest BCUT2D eigenvalue weighted by atomic mass is 9.72. The molecule has 2 amide bonds. The van der Waals surface area contributed by atoms with Crippen LogP contribution in [0.4, 0.5) is 8.78 Å². The SMILES string of the molecule is CC(=O)N[C@H]1Cc2c(F)c(F)cc(C(=O)N=O)c2OB1O. The summed E-state index contributed by atoms with van der Waals surface area (Å²) in [6.07, 6.45) is -0.307. The molecular formula is C11H9BF2N2O5. The predicted molar refractivity (Wildman–Crippen MR) is 66.4 cm³/mol. The van der Waals surface area contributed by atoms with Crippen LogP contribution in [0.15, 0.2) is 11.2 Å². The molecule has 0 spiro atoms. The highest BCUT2D eigenvalue weighted by atomic mass is 19.2. The van der Waals surface area contributed by atoms with Crippen molar-refractivity contribution in [3.8, 4) is 5.75 Å². The van der Waals surface area contributed by atoms with E-state index in [1.165, 1.54) is 6.92 Å². The number of hydrogen-bond donors (Lipinski definition) is 2. The van der Waals surface area contributed by atoms with Crippen molar-refractivity contribution in [3.63, 3.8) is 0 Å². The third-order valence-corrected chi connectivity index (χ3v) is 2.97. The van der Waals surface area contributed by atoms with Crippen LogP contribution in [0.3, 0.4) is 0 Å². The van der Waals surface area contributed by atoms with Crippen molar-refractivity contribution in [2.24, 2.45) is 5.18 Å². The topological polar surface area (TPSA) is 105 Å². The summed E-state index contributed by atoms with van der Waals surface area (Å²) in [5.74, 6) is -5.97. The summed E-state index contributed by atoms with van der Waals surface area (Å²) in [6.45, 7) is 1.18. The first kappa shape index (κ1) is 15.0. The molecule has 0 unspecified atom stereocenters. The Kier molecular flexibility index (Phi) is 3.98. The molecule has 1 aliphatic heterocycles. The summed E-state index contributed by atoms with van der Waals surface area (Å²) < 4.78 is 32.2. The van der Waals surface area contributed by atoms with Gasteiger partial charge in [-0.25, -0.2) is 8.78 Å². The van der Waals surface area contributed by atoms with Gasteiger partial charge >= 0.3 is 13.0 Å². The molecule has 0 saturated heterocycles. The van der Waals surface area contributed by atoms with Crippen LogP contribution in [0.5, 0.6) is 5.75 Å². The third-order valence-electron chi connectivity index (χ3n) is 2.97. The van der Waals surface area contributed by atoms with Crippen molar-refractivity contribution in [2.75, 3.05) is 0 Å². The number of rotatable bonds is 2. The van der Waals surface area contributed by atoms with Crippen LogP contribution < -0.4 is 9.97 Å². The van der Waals surface area contributed by atoms with Crippen LogP contribution >= 0.6 is 0 Å². The maximum Gasteiger partial charge on any atom is 0.547 e. The molecule has 0 bridgehead atoms. The number of amides is 2. The van der Waals surface area contributed by atoms with Crippen molar-refractivity contribution >= 4 is 18.9 Å². The molecule has 1 aromatic carbocycles. The maximum absolute atomic E-state index is 13.8. The first-order chi connectivity index (χ1) is 9.85. The number of benzene rings is 1. The Labute approximate surface area is 117 Å². The Balaban J connectivity index is 2.52. The van der Waals surface area contributed by atoms with Crippen molar-refractivity contribution in [2.45, 2.75) is 19.3 Å². The lowest BCUT2D eigenvalue weighted by Crippen LogP contribution is -2.53. The quantitative estimate of drug-likeness (QED) is 0.604. The second-order valence-electron chi connectivity index (χ2n) is 4.44. The van der Waals surface area contributed by atoms with Gasteiger partial charge in [-0.2, -0.15) is 0 Å². The Hall–Kier alpha value is -2.36. The molecule has 110 valence electrons. The lowest BCUT2D eigenvalue weighted by molar-refractivity contribution is -0.119. The Bertz CT molecular complexity index is 640. The first-order valence-corrected chi connectivity index (χ1v) is 5.85. The fourth-order valence-corrected chi connectivity index (χ4v) is 2.09. The van der Waals surface area contributed by atoms with Gasteiger partial charge in [-0.3, -0.25) is 9.59 Å². The fourth-order valence-electron chi connectivity index (χ4n) is 2.09. The molecule has 1 aliphatic rings. The molecule has 0 aromatic heterocycles. The molecule has 2 N–H and O–H groups in total. The van der Waals surface area contributed by atoms with E-state index in [1.807, 2.05) is 0 Å². The minimum Gasteiger partial charge on any atom is -0.534 e. The van der Waals surface area contributed by atoms with Crippen LogP contribution in [0.2, 0.25) is 0 Å². The third kappa shape index (κ3) is 2.75. The molecule has 2 rings (SSSR count). The van der Waals surface area contributed by atoms with Gasteiger partial charge in [0.2, 0.25) is 5.91 Å². The average Bonchev–Trinajstić information content (AvgIpc) is 2.43. The second kappa shape index (κ2) is 5.56. The molecule has 1 heterocycles. The molecule has 10 heteroatoms. The Morgan fingerprint density at radius 1 is 1.52 bits per heavy atom. The van der Waals surface area contributed by atoms with E-state index in [-0.39, 0.29) is 12.0 Å². The van der Waals surface area contributed by atoms with Gasteiger partial charge < -0.3 is 15.0 Å². The van der Waals surface area contributed by atoms with Crippen molar-refractivity contribution in [3.05, 3.63) is 33.7 Å². The predicted octanol–water partition coefficient (Wildman–Crippen LogP) is 0.331. The summed E-state index contributed by atoms with van der Waals surface area (Å²) >= 11 is 0. The molecule has 1 aromatic rings. The zero-order valence-electron chi connectivity index (χ0n) is 10.7. The molecule has 0 aliphatic carbocycles. The molecule has 0 saturated carbocycles. The molecule has 1 atom stereocenters. The maximum atomic E-state index is 13.8. The highest BCUT2D eigenvalue weighted by Gasteiger charge is 2.39. The summed E-state index contributed by atoms with van der Waals surface area (Å²) in [7, 11) is -1.58.